The van der Waals surface area contributed by atoms with Crippen molar-refractivity contribution in [1.82, 2.24) is 4.31 Å². The highest BCUT2D eigenvalue weighted by atomic mass is 32.2. The summed E-state index contributed by atoms with van der Waals surface area (Å²) in [5, 5.41) is 0. The summed E-state index contributed by atoms with van der Waals surface area (Å²) in [6, 6.07) is 9.41. The van der Waals surface area contributed by atoms with Gasteiger partial charge in [0, 0.05) is 13.1 Å². The molecule has 0 saturated carbocycles. The monoisotopic (exact) mass is 367 g/mol. The van der Waals surface area contributed by atoms with Crippen LogP contribution in [0, 0.1) is 17.8 Å². The van der Waals surface area contributed by atoms with Gasteiger partial charge in [0.2, 0.25) is 10.0 Å². The van der Waals surface area contributed by atoms with Gasteiger partial charge in [0.25, 0.3) is 0 Å². The Morgan fingerprint density at radius 1 is 1.20 bits per heavy atom. The van der Waals surface area contributed by atoms with Crippen LogP contribution in [0.1, 0.15) is 39.2 Å². The van der Waals surface area contributed by atoms with Crippen LogP contribution in [0.25, 0.3) is 0 Å². The lowest BCUT2D eigenvalue weighted by atomic mass is 9.98. The van der Waals surface area contributed by atoms with Crippen LogP contribution in [0.4, 0.5) is 0 Å². The molecule has 0 N–H and O–H groups in total. The van der Waals surface area contributed by atoms with E-state index in [1.165, 1.54) is 4.31 Å². The molecule has 5 nitrogen and oxygen atoms in total. The fourth-order valence-corrected chi connectivity index (χ4v) is 4.92. The maximum Gasteiger partial charge on any atom is 0.310 e. The molecule has 1 aliphatic heterocycles. The molecular weight excluding hydrogens is 338 g/mol. The molecule has 0 amide bonds. The zero-order valence-corrected chi connectivity index (χ0v) is 16.2. The van der Waals surface area contributed by atoms with E-state index in [1.54, 1.807) is 0 Å². The lowest BCUT2D eigenvalue weighted by Crippen LogP contribution is -2.42. The Hall–Kier alpha value is -1.40. The summed E-state index contributed by atoms with van der Waals surface area (Å²) in [6.45, 7) is 7.14. The first kappa shape index (κ1) is 19.9. The van der Waals surface area contributed by atoms with Gasteiger partial charge in [0.1, 0.15) is 6.61 Å². The third-order valence-corrected chi connectivity index (χ3v) is 6.79. The number of hydrogen-bond acceptors (Lipinski definition) is 4. The second-order valence-electron chi connectivity index (χ2n) is 7.30. The highest BCUT2D eigenvalue weighted by molar-refractivity contribution is 7.89. The largest absolute Gasteiger partial charge is 0.461 e. The zero-order chi connectivity index (χ0) is 18.4. The maximum absolute atomic E-state index is 12.7. The molecule has 25 heavy (non-hydrogen) atoms. The molecule has 1 aromatic carbocycles. The predicted octanol–water partition coefficient (Wildman–Crippen LogP) is 3.06. The number of carbonyl (C=O) groups excluding carboxylic acids is 1. The number of esters is 1. The first-order valence-corrected chi connectivity index (χ1v) is 10.6. The van der Waals surface area contributed by atoms with E-state index in [9.17, 15) is 13.2 Å². The van der Waals surface area contributed by atoms with Crippen molar-refractivity contribution >= 4 is 16.0 Å². The van der Waals surface area contributed by atoms with Crippen LogP contribution in [0.5, 0.6) is 0 Å². The summed E-state index contributed by atoms with van der Waals surface area (Å²) in [5.41, 5.74) is 0.895. The molecule has 1 fully saturated rings. The van der Waals surface area contributed by atoms with Crippen molar-refractivity contribution in [3.63, 3.8) is 0 Å². The molecule has 0 bridgehead atoms. The summed E-state index contributed by atoms with van der Waals surface area (Å²) in [5.74, 6) is -0.794. The molecule has 1 aromatic rings. The van der Waals surface area contributed by atoms with Gasteiger partial charge < -0.3 is 4.74 Å². The lowest BCUT2D eigenvalue weighted by Gasteiger charge is -2.31. The smallest absolute Gasteiger partial charge is 0.310 e. The van der Waals surface area contributed by atoms with Gasteiger partial charge in [-0.2, -0.15) is 0 Å². The van der Waals surface area contributed by atoms with E-state index in [2.05, 4.69) is 6.92 Å². The molecular formula is C19H29NO4S. The second-order valence-corrected chi connectivity index (χ2v) is 9.32. The highest BCUT2D eigenvalue weighted by Crippen LogP contribution is 2.23. The van der Waals surface area contributed by atoms with E-state index in [0.29, 0.717) is 19.0 Å². The summed E-state index contributed by atoms with van der Waals surface area (Å²) in [7, 11) is -3.45. The Kier molecular flexibility index (Phi) is 7.02. The third kappa shape index (κ3) is 5.82. The average Bonchev–Trinajstić information content (AvgIpc) is 2.58. The normalized spacial score (nSPS) is 18.2. The minimum atomic E-state index is -3.45. The SMILES string of the molecule is CC1CCN(S(=O)(=O)CC(C(=O)OCc2ccccc2)C(C)C)CC1. The van der Waals surface area contributed by atoms with Crippen molar-refractivity contribution in [2.75, 3.05) is 18.8 Å². The number of hydrogen-bond donors (Lipinski definition) is 0. The summed E-state index contributed by atoms with van der Waals surface area (Å²) in [4.78, 5) is 12.5. The highest BCUT2D eigenvalue weighted by Gasteiger charge is 2.34. The molecule has 0 radical (unpaired) electrons. The Bertz CT molecular complexity index is 649. The van der Waals surface area contributed by atoms with Crippen LogP contribution in [0.15, 0.2) is 30.3 Å². The van der Waals surface area contributed by atoms with Gasteiger partial charge in [-0.05, 0) is 30.2 Å². The molecule has 140 valence electrons. The molecule has 1 unspecified atom stereocenters. The molecule has 1 aliphatic rings. The fraction of sp³-hybridized carbons (Fsp3) is 0.632. The first-order chi connectivity index (χ1) is 11.8. The Labute approximate surface area is 151 Å². The van der Waals surface area contributed by atoms with Crippen LogP contribution < -0.4 is 0 Å². The van der Waals surface area contributed by atoms with Crippen molar-refractivity contribution in [3.8, 4) is 0 Å². The Balaban J connectivity index is 1.98. The predicted molar refractivity (Wildman–Crippen MR) is 98.3 cm³/mol. The minimum absolute atomic E-state index is 0.0956. The quantitative estimate of drug-likeness (QED) is 0.695. The van der Waals surface area contributed by atoms with E-state index in [1.807, 2.05) is 44.2 Å². The molecule has 1 heterocycles. The van der Waals surface area contributed by atoms with Gasteiger partial charge >= 0.3 is 5.97 Å². The van der Waals surface area contributed by atoms with Crippen molar-refractivity contribution in [2.24, 2.45) is 17.8 Å². The van der Waals surface area contributed by atoms with Gasteiger partial charge in [0.05, 0.1) is 11.7 Å². The van der Waals surface area contributed by atoms with Crippen molar-refractivity contribution in [1.29, 1.82) is 0 Å². The number of benzene rings is 1. The number of ether oxygens (including phenoxy) is 1. The standard InChI is InChI=1S/C19H29NO4S/c1-15(2)18(19(21)24-13-17-7-5-4-6-8-17)14-25(22,23)20-11-9-16(3)10-12-20/h4-8,15-16,18H,9-14H2,1-3H3. The number of piperidine rings is 1. The van der Waals surface area contributed by atoms with Gasteiger partial charge in [-0.3, -0.25) is 4.79 Å². The summed E-state index contributed by atoms with van der Waals surface area (Å²) < 4.78 is 32.3. The number of rotatable bonds is 7. The minimum Gasteiger partial charge on any atom is -0.461 e. The molecule has 1 atom stereocenters. The van der Waals surface area contributed by atoms with Crippen LogP contribution >= 0.6 is 0 Å². The first-order valence-electron chi connectivity index (χ1n) is 8.98. The van der Waals surface area contributed by atoms with Crippen molar-refractivity contribution in [2.45, 2.75) is 40.2 Å². The summed E-state index contributed by atoms with van der Waals surface area (Å²) >= 11 is 0. The molecule has 6 heteroatoms. The van der Waals surface area contributed by atoms with Crippen LogP contribution in [-0.4, -0.2) is 37.5 Å². The Morgan fingerprint density at radius 3 is 2.36 bits per heavy atom. The molecule has 0 aliphatic carbocycles. The number of nitrogens with zero attached hydrogens (tertiary/aromatic N) is 1. The average molecular weight is 368 g/mol. The van der Waals surface area contributed by atoms with E-state index in [4.69, 9.17) is 4.74 Å². The second kappa shape index (κ2) is 8.81. The van der Waals surface area contributed by atoms with Gasteiger partial charge in [0.15, 0.2) is 0 Å². The zero-order valence-electron chi connectivity index (χ0n) is 15.3. The molecule has 1 saturated heterocycles. The van der Waals surface area contributed by atoms with E-state index < -0.39 is 21.9 Å². The van der Waals surface area contributed by atoms with Crippen molar-refractivity contribution < 1.29 is 17.9 Å². The van der Waals surface area contributed by atoms with Crippen LogP contribution in [-0.2, 0) is 26.2 Å². The van der Waals surface area contributed by atoms with Gasteiger partial charge in [-0.1, -0.05) is 51.1 Å². The topological polar surface area (TPSA) is 63.7 Å². The van der Waals surface area contributed by atoms with E-state index in [-0.39, 0.29) is 18.3 Å². The van der Waals surface area contributed by atoms with Gasteiger partial charge in [-0.15, -0.1) is 0 Å². The molecule has 0 aromatic heterocycles. The van der Waals surface area contributed by atoms with Gasteiger partial charge in [-0.25, -0.2) is 12.7 Å². The number of sulfonamides is 1. The third-order valence-electron chi connectivity index (χ3n) is 4.86. The molecule has 0 spiro atoms. The van der Waals surface area contributed by atoms with Crippen LogP contribution in [0.3, 0.4) is 0 Å². The van der Waals surface area contributed by atoms with E-state index in [0.717, 1.165) is 18.4 Å². The van der Waals surface area contributed by atoms with Crippen LogP contribution in [0.2, 0.25) is 0 Å². The van der Waals surface area contributed by atoms with E-state index >= 15 is 0 Å². The summed E-state index contributed by atoms with van der Waals surface area (Å²) in [6.07, 6.45) is 1.76. The maximum atomic E-state index is 12.7. The van der Waals surface area contributed by atoms with Crippen molar-refractivity contribution in [3.05, 3.63) is 35.9 Å². The lowest BCUT2D eigenvalue weighted by molar-refractivity contribution is -0.150. The fourth-order valence-electron chi connectivity index (χ4n) is 2.96. The Morgan fingerprint density at radius 2 is 1.80 bits per heavy atom. The number of carbonyl (C=O) groups is 1. The molecule has 2 rings (SSSR count).